The van der Waals surface area contributed by atoms with Crippen LogP contribution >= 0.6 is 22.9 Å². The molecule has 1 aromatic carbocycles. The van der Waals surface area contributed by atoms with Gasteiger partial charge >= 0.3 is 0 Å². The summed E-state index contributed by atoms with van der Waals surface area (Å²) < 4.78 is 0. The molecule has 1 fully saturated rings. The van der Waals surface area contributed by atoms with E-state index >= 15 is 0 Å². The maximum Gasteiger partial charge on any atom is 0.286 e. The van der Waals surface area contributed by atoms with Gasteiger partial charge in [-0.25, -0.2) is 0 Å². The van der Waals surface area contributed by atoms with Gasteiger partial charge in [0.2, 0.25) is 10.9 Å². The molecule has 8 heteroatoms. The number of aromatic nitrogens is 2. The predicted octanol–water partition coefficient (Wildman–Crippen LogP) is 4.15. The highest BCUT2D eigenvalue weighted by atomic mass is 35.5. The molecule has 1 atom stereocenters. The Kier molecular flexibility index (Phi) is 5.88. The van der Waals surface area contributed by atoms with Gasteiger partial charge in [0, 0.05) is 23.7 Å². The van der Waals surface area contributed by atoms with Gasteiger partial charge in [0.1, 0.15) is 5.01 Å². The first kappa shape index (κ1) is 18.8. The molecule has 0 aliphatic carbocycles. The van der Waals surface area contributed by atoms with Crippen molar-refractivity contribution in [3.63, 3.8) is 0 Å². The summed E-state index contributed by atoms with van der Waals surface area (Å²) in [4.78, 5) is 26.7. The summed E-state index contributed by atoms with van der Waals surface area (Å²) in [6, 6.07) is 6.86. The van der Waals surface area contributed by atoms with Crippen molar-refractivity contribution in [1.29, 1.82) is 0 Å². The van der Waals surface area contributed by atoms with Crippen molar-refractivity contribution in [1.82, 2.24) is 15.1 Å². The van der Waals surface area contributed by atoms with Gasteiger partial charge in [-0.2, -0.15) is 0 Å². The standard InChI is InChI=1S/C18H21ClN4O2S/c1-11(2)9-15(24)23-8-4-7-14(23)17-21-22-18(26-17)16(25)20-13-6-3-5-12(19)10-13/h3,5-6,10-11,14H,4,7-9H2,1-2H3,(H,20,25)/t14-/m1/s1. The van der Waals surface area contributed by atoms with Crippen molar-refractivity contribution in [2.45, 2.75) is 39.2 Å². The molecule has 26 heavy (non-hydrogen) atoms. The summed E-state index contributed by atoms with van der Waals surface area (Å²) in [5, 5.41) is 12.5. The normalized spacial score (nSPS) is 16.9. The van der Waals surface area contributed by atoms with Crippen LogP contribution in [0.2, 0.25) is 5.02 Å². The van der Waals surface area contributed by atoms with E-state index in [9.17, 15) is 9.59 Å². The lowest BCUT2D eigenvalue weighted by Gasteiger charge is -2.23. The van der Waals surface area contributed by atoms with E-state index < -0.39 is 0 Å². The summed E-state index contributed by atoms with van der Waals surface area (Å²) in [6.07, 6.45) is 2.32. The third-order valence-corrected chi connectivity index (χ3v) is 5.42. The molecule has 1 saturated heterocycles. The first-order valence-corrected chi connectivity index (χ1v) is 9.83. The van der Waals surface area contributed by atoms with Crippen LogP contribution in [-0.2, 0) is 4.79 Å². The number of likely N-dealkylation sites (tertiary alicyclic amines) is 1. The molecule has 2 amide bonds. The maximum absolute atomic E-state index is 12.4. The average Bonchev–Trinajstić information content (AvgIpc) is 3.23. The van der Waals surface area contributed by atoms with Gasteiger partial charge in [-0.3, -0.25) is 9.59 Å². The fourth-order valence-electron chi connectivity index (χ4n) is 3.00. The summed E-state index contributed by atoms with van der Waals surface area (Å²) in [6.45, 7) is 4.80. The summed E-state index contributed by atoms with van der Waals surface area (Å²) in [5.74, 6) is 0.133. The number of halogens is 1. The number of rotatable bonds is 5. The minimum absolute atomic E-state index is 0.0773. The number of benzene rings is 1. The van der Waals surface area contributed by atoms with Crippen molar-refractivity contribution in [3.05, 3.63) is 39.3 Å². The van der Waals surface area contributed by atoms with E-state index in [4.69, 9.17) is 11.6 Å². The largest absolute Gasteiger partial charge is 0.333 e. The Bertz CT molecular complexity index is 808. The minimum atomic E-state index is -0.325. The second kappa shape index (κ2) is 8.14. The quantitative estimate of drug-likeness (QED) is 0.829. The Hall–Kier alpha value is -1.99. The summed E-state index contributed by atoms with van der Waals surface area (Å²) >= 11 is 7.17. The van der Waals surface area contributed by atoms with Crippen molar-refractivity contribution < 1.29 is 9.59 Å². The summed E-state index contributed by atoms with van der Waals surface area (Å²) in [7, 11) is 0. The van der Waals surface area contributed by atoms with E-state index in [1.54, 1.807) is 24.3 Å². The lowest BCUT2D eigenvalue weighted by atomic mass is 10.1. The topological polar surface area (TPSA) is 75.2 Å². The molecule has 0 saturated carbocycles. The van der Waals surface area contributed by atoms with Crippen LogP contribution in [0, 0.1) is 5.92 Å². The molecule has 1 aliphatic heterocycles. The first-order chi connectivity index (χ1) is 12.4. The molecule has 2 aromatic rings. The molecule has 0 spiro atoms. The van der Waals surface area contributed by atoms with Gasteiger partial charge in [0.15, 0.2) is 0 Å². The van der Waals surface area contributed by atoms with Crippen molar-refractivity contribution in [2.24, 2.45) is 5.92 Å². The molecule has 3 rings (SSSR count). The zero-order valence-electron chi connectivity index (χ0n) is 14.7. The van der Waals surface area contributed by atoms with Crippen molar-refractivity contribution in [3.8, 4) is 0 Å². The van der Waals surface area contributed by atoms with Crippen LogP contribution in [0.3, 0.4) is 0 Å². The van der Waals surface area contributed by atoms with Gasteiger partial charge in [-0.15, -0.1) is 10.2 Å². The number of nitrogens with one attached hydrogen (secondary N) is 1. The van der Waals surface area contributed by atoms with Crippen LogP contribution in [0.15, 0.2) is 24.3 Å². The zero-order valence-corrected chi connectivity index (χ0v) is 16.3. The number of anilines is 1. The molecule has 0 unspecified atom stereocenters. The van der Waals surface area contributed by atoms with Gasteiger partial charge < -0.3 is 10.2 Å². The zero-order chi connectivity index (χ0) is 18.7. The number of amides is 2. The molecule has 138 valence electrons. The van der Waals surface area contributed by atoms with E-state index in [1.165, 1.54) is 11.3 Å². The van der Waals surface area contributed by atoms with Crippen molar-refractivity contribution in [2.75, 3.05) is 11.9 Å². The number of carbonyl (C=O) groups excluding carboxylic acids is 2. The van der Waals surface area contributed by atoms with Crippen LogP contribution in [0.25, 0.3) is 0 Å². The Morgan fingerprint density at radius 3 is 2.92 bits per heavy atom. The molecule has 6 nitrogen and oxygen atoms in total. The Labute approximate surface area is 161 Å². The molecule has 0 bridgehead atoms. The van der Waals surface area contributed by atoms with Gasteiger partial charge in [0.05, 0.1) is 6.04 Å². The Balaban J connectivity index is 1.70. The SMILES string of the molecule is CC(C)CC(=O)N1CCC[C@@H]1c1nnc(C(=O)Nc2cccc(Cl)c2)s1. The molecule has 1 N–H and O–H groups in total. The first-order valence-electron chi connectivity index (χ1n) is 8.64. The monoisotopic (exact) mass is 392 g/mol. The molecule has 2 heterocycles. The second-order valence-corrected chi connectivity index (χ2v) is 8.20. The van der Waals surface area contributed by atoms with Gasteiger partial charge in [-0.1, -0.05) is 42.9 Å². The molecular weight excluding hydrogens is 372 g/mol. The van der Waals surface area contributed by atoms with E-state index in [0.29, 0.717) is 23.0 Å². The third-order valence-electron chi connectivity index (χ3n) is 4.16. The smallest absolute Gasteiger partial charge is 0.286 e. The Morgan fingerprint density at radius 2 is 2.19 bits per heavy atom. The van der Waals surface area contributed by atoms with E-state index in [-0.39, 0.29) is 22.9 Å². The van der Waals surface area contributed by atoms with Crippen molar-refractivity contribution >= 4 is 40.4 Å². The predicted molar refractivity (Wildman–Crippen MR) is 102 cm³/mol. The van der Waals surface area contributed by atoms with Crippen LogP contribution in [0.5, 0.6) is 0 Å². The lowest BCUT2D eigenvalue weighted by Crippen LogP contribution is -2.31. The minimum Gasteiger partial charge on any atom is -0.333 e. The maximum atomic E-state index is 12.4. The van der Waals surface area contributed by atoms with E-state index in [1.807, 2.05) is 18.7 Å². The molecule has 0 radical (unpaired) electrons. The summed E-state index contributed by atoms with van der Waals surface area (Å²) in [5.41, 5.74) is 0.605. The van der Waals surface area contributed by atoms with E-state index in [0.717, 1.165) is 24.4 Å². The number of carbonyl (C=O) groups is 2. The molecule has 1 aliphatic rings. The number of hydrogen-bond donors (Lipinski definition) is 1. The second-order valence-electron chi connectivity index (χ2n) is 6.75. The fourth-order valence-corrected chi connectivity index (χ4v) is 4.08. The van der Waals surface area contributed by atoms with Crippen LogP contribution < -0.4 is 5.32 Å². The fraction of sp³-hybridized carbons (Fsp3) is 0.444. The molecular formula is C18H21ClN4O2S. The highest BCUT2D eigenvalue weighted by molar-refractivity contribution is 7.13. The highest BCUT2D eigenvalue weighted by Crippen LogP contribution is 2.34. The van der Waals surface area contributed by atoms with Gasteiger partial charge in [0.25, 0.3) is 5.91 Å². The number of hydrogen-bond acceptors (Lipinski definition) is 5. The Morgan fingerprint density at radius 1 is 1.38 bits per heavy atom. The van der Waals surface area contributed by atoms with E-state index in [2.05, 4.69) is 15.5 Å². The third kappa shape index (κ3) is 4.40. The number of nitrogens with zero attached hydrogens (tertiary/aromatic N) is 3. The average molecular weight is 393 g/mol. The van der Waals surface area contributed by atoms with Crippen LogP contribution in [0.4, 0.5) is 5.69 Å². The highest BCUT2D eigenvalue weighted by Gasteiger charge is 2.33. The van der Waals surface area contributed by atoms with Crippen LogP contribution in [-0.4, -0.2) is 33.5 Å². The van der Waals surface area contributed by atoms with Gasteiger partial charge in [-0.05, 0) is 37.0 Å². The van der Waals surface area contributed by atoms with Crippen LogP contribution in [0.1, 0.15) is 54.0 Å². The molecule has 1 aromatic heterocycles. The lowest BCUT2D eigenvalue weighted by molar-refractivity contribution is -0.132.